The summed E-state index contributed by atoms with van der Waals surface area (Å²) in [6.07, 6.45) is 2.66. The van der Waals surface area contributed by atoms with Crippen LogP contribution in [-0.2, 0) is 0 Å². The Hall–Kier alpha value is -2.46. The second kappa shape index (κ2) is 6.34. The van der Waals surface area contributed by atoms with E-state index in [1.165, 1.54) is 11.3 Å². The summed E-state index contributed by atoms with van der Waals surface area (Å²) < 4.78 is 5.51. The number of benzene rings is 1. The van der Waals surface area contributed by atoms with Gasteiger partial charge in [0, 0.05) is 29.4 Å². The average Bonchev–Trinajstić information content (AvgIpc) is 2.51. The normalized spacial score (nSPS) is 18.4. The van der Waals surface area contributed by atoms with Crippen molar-refractivity contribution in [3.05, 3.63) is 28.8 Å². The molecule has 0 amide bonds. The molecule has 0 aromatic heterocycles. The molecule has 0 saturated heterocycles. The Morgan fingerprint density at radius 2 is 2.04 bits per heavy atom. The van der Waals surface area contributed by atoms with Crippen molar-refractivity contribution in [3.8, 4) is 17.9 Å². The van der Waals surface area contributed by atoms with E-state index in [0.717, 1.165) is 18.5 Å². The third-order valence-electron chi connectivity index (χ3n) is 4.59. The molecule has 1 aromatic carbocycles. The Bertz CT molecular complexity index is 703. The van der Waals surface area contributed by atoms with Crippen molar-refractivity contribution in [2.75, 3.05) is 18.6 Å². The van der Waals surface area contributed by atoms with Crippen LogP contribution in [0.25, 0.3) is 6.08 Å². The highest BCUT2D eigenvalue weighted by Gasteiger charge is 2.36. The SMILES string of the molecule is CCN1c2cc(OC)c(C=C(C#N)C#N)cc2C(C)CC1(C)C. The summed E-state index contributed by atoms with van der Waals surface area (Å²) in [6, 6.07) is 7.92. The number of fused-ring (bicyclic) bond motifs is 1. The summed E-state index contributed by atoms with van der Waals surface area (Å²) in [5, 5.41) is 18.0. The fourth-order valence-corrected chi connectivity index (χ4v) is 3.66. The van der Waals surface area contributed by atoms with E-state index in [9.17, 15) is 0 Å². The van der Waals surface area contributed by atoms with E-state index in [4.69, 9.17) is 15.3 Å². The molecule has 2 rings (SSSR count). The van der Waals surface area contributed by atoms with Crippen molar-refractivity contribution in [3.63, 3.8) is 0 Å². The zero-order chi connectivity index (χ0) is 17.2. The van der Waals surface area contributed by atoms with Gasteiger partial charge >= 0.3 is 0 Å². The van der Waals surface area contributed by atoms with Crippen LogP contribution in [0.1, 0.15) is 51.2 Å². The number of hydrogen-bond donors (Lipinski definition) is 0. The summed E-state index contributed by atoms with van der Waals surface area (Å²) in [7, 11) is 1.62. The molecule has 1 aromatic rings. The first-order chi connectivity index (χ1) is 10.9. The van der Waals surface area contributed by atoms with E-state index in [1.807, 2.05) is 18.2 Å². The van der Waals surface area contributed by atoms with Gasteiger partial charge in [0.2, 0.25) is 0 Å². The highest BCUT2D eigenvalue weighted by atomic mass is 16.5. The van der Waals surface area contributed by atoms with Gasteiger partial charge in [-0.2, -0.15) is 10.5 Å². The van der Waals surface area contributed by atoms with Gasteiger partial charge in [0.1, 0.15) is 23.5 Å². The van der Waals surface area contributed by atoms with Gasteiger partial charge in [0.15, 0.2) is 0 Å². The molecular weight excluding hydrogens is 286 g/mol. The maximum atomic E-state index is 9.00. The first-order valence-corrected chi connectivity index (χ1v) is 7.89. The Morgan fingerprint density at radius 3 is 2.57 bits per heavy atom. The van der Waals surface area contributed by atoms with Gasteiger partial charge in [-0.05, 0) is 50.8 Å². The van der Waals surface area contributed by atoms with Gasteiger partial charge in [0.25, 0.3) is 0 Å². The first-order valence-electron chi connectivity index (χ1n) is 7.89. The van der Waals surface area contributed by atoms with Gasteiger partial charge in [-0.25, -0.2) is 0 Å². The molecule has 0 radical (unpaired) electrons. The molecule has 1 unspecified atom stereocenters. The summed E-state index contributed by atoms with van der Waals surface area (Å²) in [4.78, 5) is 2.40. The monoisotopic (exact) mass is 309 g/mol. The van der Waals surface area contributed by atoms with Crippen molar-refractivity contribution in [2.24, 2.45) is 0 Å². The summed E-state index contributed by atoms with van der Waals surface area (Å²) in [5.74, 6) is 1.10. The molecule has 0 bridgehead atoms. The predicted molar refractivity (Wildman–Crippen MR) is 92.3 cm³/mol. The lowest BCUT2D eigenvalue weighted by Gasteiger charge is -2.47. The van der Waals surface area contributed by atoms with Crippen LogP contribution < -0.4 is 9.64 Å². The molecule has 4 heteroatoms. The lowest BCUT2D eigenvalue weighted by molar-refractivity contribution is 0.377. The van der Waals surface area contributed by atoms with Crippen LogP contribution in [0, 0.1) is 22.7 Å². The highest BCUT2D eigenvalue weighted by molar-refractivity contribution is 5.73. The average molecular weight is 309 g/mol. The minimum absolute atomic E-state index is 0.0828. The van der Waals surface area contributed by atoms with Gasteiger partial charge in [-0.3, -0.25) is 0 Å². The van der Waals surface area contributed by atoms with E-state index in [2.05, 4.69) is 38.7 Å². The van der Waals surface area contributed by atoms with Crippen molar-refractivity contribution in [1.29, 1.82) is 10.5 Å². The maximum absolute atomic E-state index is 9.00. The third kappa shape index (κ3) is 3.03. The lowest BCUT2D eigenvalue weighted by Crippen LogP contribution is -2.48. The summed E-state index contributed by atoms with van der Waals surface area (Å²) in [5.41, 5.74) is 3.38. The number of methoxy groups -OCH3 is 1. The largest absolute Gasteiger partial charge is 0.496 e. The van der Waals surface area contributed by atoms with Crippen LogP contribution >= 0.6 is 0 Å². The predicted octanol–water partition coefficient (Wildman–Crippen LogP) is 4.24. The van der Waals surface area contributed by atoms with E-state index >= 15 is 0 Å². The van der Waals surface area contributed by atoms with Crippen LogP contribution in [0.5, 0.6) is 5.75 Å². The fourth-order valence-electron chi connectivity index (χ4n) is 3.66. The second-order valence-electron chi connectivity index (χ2n) is 6.60. The second-order valence-corrected chi connectivity index (χ2v) is 6.60. The highest BCUT2D eigenvalue weighted by Crippen LogP contribution is 2.45. The van der Waals surface area contributed by atoms with E-state index in [0.29, 0.717) is 11.7 Å². The van der Waals surface area contributed by atoms with E-state index < -0.39 is 0 Å². The van der Waals surface area contributed by atoms with Crippen LogP contribution in [0.2, 0.25) is 0 Å². The zero-order valence-electron chi connectivity index (χ0n) is 14.5. The smallest absolute Gasteiger partial charge is 0.130 e. The quantitative estimate of drug-likeness (QED) is 0.784. The molecule has 1 atom stereocenters. The summed E-state index contributed by atoms with van der Waals surface area (Å²) >= 11 is 0. The first kappa shape index (κ1) is 16.9. The lowest BCUT2D eigenvalue weighted by atomic mass is 9.79. The Balaban J connectivity index is 2.67. The molecule has 120 valence electrons. The molecule has 1 aliphatic heterocycles. The van der Waals surface area contributed by atoms with Crippen LogP contribution in [0.15, 0.2) is 17.7 Å². The maximum Gasteiger partial charge on any atom is 0.130 e. The fraction of sp³-hybridized carbons (Fsp3) is 0.474. The molecule has 0 N–H and O–H groups in total. The topological polar surface area (TPSA) is 60.0 Å². The molecule has 0 fully saturated rings. The number of ether oxygens (including phenoxy) is 1. The molecule has 0 aliphatic carbocycles. The number of rotatable bonds is 3. The van der Waals surface area contributed by atoms with Gasteiger partial charge < -0.3 is 9.64 Å². The minimum Gasteiger partial charge on any atom is -0.496 e. The van der Waals surface area contributed by atoms with Gasteiger partial charge in [-0.15, -0.1) is 0 Å². The van der Waals surface area contributed by atoms with Crippen LogP contribution in [-0.4, -0.2) is 19.2 Å². The molecule has 4 nitrogen and oxygen atoms in total. The minimum atomic E-state index is 0.0828. The van der Waals surface area contributed by atoms with Crippen LogP contribution in [0.3, 0.4) is 0 Å². The molecule has 0 saturated carbocycles. The Morgan fingerprint density at radius 1 is 1.39 bits per heavy atom. The van der Waals surface area contributed by atoms with Crippen molar-refractivity contribution in [1.82, 2.24) is 0 Å². The molecule has 23 heavy (non-hydrogen) atoms. The Labute approximate surface area is 138 Å². The standard InChI is InChI=1S/C19H23N3O/c1-6-22-17-9-18(23-5)15(7-14(11-20)12-21)8-16(17)13(2)10-19(22,3)4/h7-9,13H,6,10H2,1-5H3. The van der Waals surface area contributed by atoms with E-state index in [1.54, 1.807) is 13.2 Å². The number of nitriles is 2. The van der Waals surface area contributed by atoms with Crippen molar-refractivity contribution in [2.45, 2.75) is 45.6 Å². The van der Waals surface area contributed by atoms with Crippen LogP contribution in [0.4, 0.5) is 5.69 Å². The van der Waals surface area contributed by atoms with Crippen molar-refractivity contribution < 1.29 is 4.74 Å². The Kier molecular flexibility index (Phi) is 4.66. The number of nitrogens with zero attached hydrogens (tertiary/aromatic N) is 3. The number of anilines is 1. The molecule has 1 aliphatic rings. The zero-order valence-corrected chi connectivity index (χ0v) is 14.5. The third-order valence-corrected chi connectivity index (χ3v) is 4.59. The molecule has 1 heterocycles. The van der Waals surface area contributed by atoms with Crippen molar-refractivity contribution >= 4 is 11.8 Å². The van der Waals surface area contributed by atoms with E-state index in [-0.39, 0.29) is 11.1 Å². The van der Waals surface area contributed by atoms with Gasteiger partial charge in [-0.1, -0.05) is 6.92 Å². The molecular formula is C19H23N3O. The number of hydrogen-bond acceptors (Lipinski definition) is 4. The number of allylic oxidation sites excluding steroid dienone is 1. The van der Waals surface area contributed by atoms with Gasteiger partial charge in [0.05, 0.1) is 7.11 Å². The summed E-state index contributed by atoms with van der Waals surface area (Å²) in [6.45, 7) is 9.83. The molecule has 0 spiro atoms.